The fourth-order valence-electron chi connectivity index (χ4n) is 3.05. The van der Waals surface area contributed by atoms with Gasteiger partial charge in [0.15, 0.2) is 11.6 Å². The zero-order valence-corrected chi connectivity index (χ0v) is 17.3. The van der Waals surface area contributed by atoms with Crippen molar-refractivity contribution in [2.75, 3.05) is 26.2 Å². The van der Waals surface area contributed by atoms with E-state index >= 15 is 0 Å². The molecule has 0 unspecified atom stereocenters. The first-order chi connectivity index (χ1) is 14.5. The van der Waals surface area contributed by atoms with E-state index in [-0.39, 0.29) is 29.7 Å². The Labute approximate surface area is 176 Å². The van der Waals surface area contributed by atoms with Gasteiger partial charge in [-0.15, -0.1) is 0 Å². The van der Waals surface area contributed by atoms with Crippen LogP contribution in [0.25, 0.3) is 0 Å². The van der Waals surface area contributed by atoms with Crippen molar-refractivity contribution in [1.82, 2.24) is 9.62 Å². The third kappa shape index (κ3) is 5.59. The minimum Gasteiger partial charge on any atom is -0.478 e. The number of para-hydroxylation sites is 1. The third-order valence-corrected chi connectivity index (χ3v) is 6.58. The molecule has 8 heteroatoms. The Kier molecular flexibility index (Phi) is 7.44. The van der Waals surface area contributed by atoms with Crippen LogP contribution in [0.3, 0.4) is 0 Å². The van der Waals surface area contributed by atoms with Crippen LogP contribution in [0, 0.1) is 17.7 Å². The summed E-state index contributed by atoms with van der Waals surface area (Å²) in [6.45, 7) is 1.15. The summed E-state index contributed by atoms with van der Waals surface area (Å²) in [6, 6.07) is 11.9. The van der Waals surface area contributed by atoms with Gasteiger partial charge in [0.2, 0.25) is 10.0 Å². The van der Waals surface area contributed by atoms with Crippen molar-refractivity contribution in [1.29, 1.82) is 0 Å². The summed E-state index contributed by atoms with van der Waals surface area (Å²) in [6.07, 6.45) is 2.78. The Hall–Kier alpha value is -2.89. The van der Waals surface area contributed by atoms with Crippen molar-refractivity contribution in [3.63, 3.8) is 0 Å². The molecule has 0 radical (unpaired) electrons. The van der Waals surface area contributed by atoms with Crippen LogP contribution in [0.2, 0.25) is 0 Å². The molecule has 6 nitrogen and oxygen atoms in total. The number of benzene rings is 2. The van der Waals surface area contributed by atoms with E-state index in [0.717, 1.165) is 19.3 Å². The normalized spacial score (nSPS) is 14.4. The van der Waals surface area contributed by atoms with Crippen LogP contribution in [-0.4, -0.2) is 44.9 Å². The first kappa shape index (κ1) is 21.8. The van der Waals surface area contributed by atoms with Gasteiger partial charge in [-0.25, -0.2) is 12.8 Å². The number of carbonyl (C=O) groups is 1. The van der Waals surface area contributed by atoms with Crippen LogP contribution in [-0.2, 0) is 10.0 Å². The molecule has 158 valence electrons. The molecule has 0 bridgehead atoms. The van der Waals surface area contributed by atoms with Crippen LogP contribution in [0.4, 0.5) is 4.39 Å². The van der Waals surface area contributed by atoms with E-state index in [2.05, 4.69) is 17.2 Å². The number of nitrogens with zero attached hydrogens (tertiary/aromatic N) is 1. The molecule has 1 fully saturated rings. The molecule has 1 aliphatic heterocycles. The molecule has 1 saturated heterocycles. The van der Waals surface area contributed by atoms with Gasteiger partial charge in [0, 0.05) is 18.7 Å². The lowest BCUT2D eigenvalue weighted by atomic mass is 10.2. The number of rotatable bonds is 6. The molecule has 1 amide bonds. The molecule has 0 atom stereocenters. The van der Waals surface area contributed by atoms with Crippen LogP contribution < -0.4 is 10.1 Å². The van der Waals surface area contributed by atoms with Gasteiger partial charge >= 0.3 is 0 Å². The van der Waals surface area contributed by atoms with E-state index in [1.165, 1.54) is 40.7 Å². The lowest BCUT2D eigenvalue weighted by molar-refractivity contribution is 0.0958. The molecule has 1 heterocycles. The van der Waals surface area contributed by atoms with Crippen LogP contribution >= 0.6 is 0 Å². The fourth-order valence-corrected chi connectivity index (χ4v) is 4.57. The van der Waals surface area contributed by atoms with Gasteiger partial charge in [-0.2, -0.15) is 4.31 Å². The van der Waals surface area contributed by atoms with E-state index in [0.29, 0.717) is 18.7 Å². The van der Waals surface area contributed by atoms with E-state index in [1.807, 2.05) is 0 Å². The van der Waals surface area contributed by atoms with Crippen molar-refractivity contribution >= 4 is 15.9 Å². The number of carbonyl (C=O) groups excluding carboxylic acids is 1. The van der Waals surface area contributed by atoms with Crippen molar-refractivity contribution in [2.24, 2.45) is 0 Å². The smallest absolute Gasteiger partial charge is 0.252 e. The molecule has 3 rings (SSSR count). The summed E-state index contributed by atoms with van der Waals surface area (Å²) in [4.78, 5) is 12.4. The number of halogens is 1. The van der Waals surface area contributed by atoms with Gasteiger partial charge in [0.25, 0.3) is 5.91 Å². The maximum atomic E-state index is 13.4. The van der Waals surface area contributed by atoms with Gasteiger partial charge in [0.05, 0.1) is 11.4 Å². The summed E-state index contributed by atoms with van der Waals surface area (Å²) in [5.74, 6) is 4.72. The minimum absolute atomic E-state index is 0.000139. The summed E-state index contributed by atoms with van der Waals surface area (Å²) in [5, 5.41) is 2.63. The van der Waals surface area contributed by atoms with Gasteiger partial charge in [0.1, 0.15) is 6.61 Å². The first-order valence-electron chi connectivity index (χ1n) is 9.70. The van der Waals surface area contributed by atoms with Gasteiger partial charge in [-0.3, -0.25) is 4.79 Å². The quantitative estimate of drug-likeness (QED) is 0.715. The molecular weight excluding hydrogens is 407 g/mol. The van der Waals surface area contributed by atoms with Gasteiger partial charge < -0.3 is 10.1 Å². The second-order valence-electron chi connectivity index (χ2n) is 6.74. The van der Waals surface area contributed by atoms with Crippen LogP contribution in [0.15, 0.2) is 53.4 Å². The Morgan fingerprint density at radius 3 is 2.43 bits per heavy atom. The molecule has 0 spiro atoms. The monoisotopic (exact) mass is 430 g/mol. The first-order valence-corrected chi connectivity index (χ1v) is 11.1. The maximum absolute atomic E-state index is 13.4. The highest BCUT2D eigenvalue weighted by Crippen LogP contribution is 2.21. The van der Waals surface area contributed by atoms with E-state index in [4.69, 9.17) is 4.74 Å². The Morgan fingerprint density at radius 1 is 1.03 bits per heavy atom. The molecule has 0 aliphatic carbocycles. The molecule has 0 aromatic heterocycles. The predicted molar refractivity (Wildman–Crippen MR) is 111 cm³/mol. The molecule has 0 saturated carbocycles. The number of piperidine rings is 1. The lowest BCUT2D eigenvalue weighted by Crippen LogP contribution is -2.35. The SMILES string of the molecule is O=C(NCC#CCOc1ccccc1F)c1ccc(S(=O)(=O)N2CCCCC2)cc1. The number of hydrogen-bond donors (Lipinski definition) is 1. The topological polar surface area (TPSA) is 75.7 Å². The summed E-state index contributed by atoms with van der Waals surface area (Å²) in [5.41, 5.74) is 0.344. The number of ether oxygens (including phenoxy) is 1. The van der Waals surface area contributed by atoms with Crippen molar-refractivity contribution in [3.05, 3.63) is 59.9 Å². The number of nitrogens with one attached hydrogen (secondary N) is 1. The molecule has 30 heavy (non-hydrogen) atoms. The molecular formula is C22H23FN2O4S. The Balaban J connectivity index is 1.49. The molecule has 1 aliphatic rings. The summed E-state index contributed by atoms with van der Waals surface area (Å²) < 4.78 is 45.4. The fraction of sp³-hybridized carbons (Fsp3) is 0.318. The highest BCUT2D eigenvalue weighted by atomic mass is 32.2. The molecule has 1 N–H and O–H groups in total. The summed E-state index contributed by atoms with van der Waals surface area (Å²) >= 11 is 0. The Morgan fingerprint density at radius 2 is 1.73 bits per heavy atom. The van der Waals surface area contributed by atoms with Crippen molar-refractivity contribution < 1.29 is 22.3 Å². The van der Waals surface area contributed by atoms with E-state index in [9.17, 15) is 17.6 Å². The van der Waals surface area contributed by atoms with Crippen molar-refractivity contribution in [3.8, 4) is 17.6 Å². The summed E-state index contributed by atoms with van der Waals surface area (Å²) in [7, 11) is -3.52. The third-order valence-electron chi connectivity index (χ3n) is 4.67. The standard InChI is InChI=1S/C22H23FN2O4S/c23-20-8-2-3-9-21(20)29-17-7-4-14-24-22(26)18-10-12-19(13-11-18)30(27,28)25-15-5-1-6-16-25/h2-3,8-13H,1,5-6,14-17H2,(H,24,26). The van der Waals surface area contributed by atoms with Crippen molar-refractivity contribution in [2.45, 2.75) is 24.2 Å². The average molecular weight is 431 g/mol. The zero-order chi connectivity index (χ0) is 21.4. The van der Waals surface area contributed by atoms with E-state index in [1.54, 1.807) is 12.1 Å². The van der Waals surface area contributed by atoms with Gasteiger partial charge in [-0.1, -0.05) is 30.4 Å². The van der Waals surface area contributed by atoms with Gasteiger partial charge in [-0.05, 0) is 49.2 Å². The average Bonchev–Trinajstić information content (AvgIpc) is 2.78. The molecule has 2 aromatic rings. The Bertz CT molecular complexity index is 1040. The highest BCUT2D eigenvalue weighted by Gasteiger charge is 2.25. The maximum Gasteiger partial charge on any atom is 0.252 e. The zero-order valence-electron chi connectivity index (χ0n) is 16.4. The van der Waals surface area contributed by atoms with Crippen LogP contribution in [0.1, 0.15) is 29.6 Å². The number of sulfonamides is 1. The number of hydrogen-bond acceptors (Lipinski definition) is 4. The van der Waals surface area contributed by atoms with E-state index < -0.39 is 15.8 Å². The number of amides is 1. The minimum atomic E-state index is -3.52. The molecule has 2 aromatic carbocycles. The largest absolute Gasteiger partial charge is 0.478 e. The predicted octanol–water partition coefficient (Wildman–Crippen LogP) is 2.81. The highest BCUT2D eigenvalue weighted by molar-refractivity contribution is 7.89. The van der Waals surface area contributed by atoms with Crippen LogP contribution in [0.5, 0.6) is 5.75 Å². The lowest BCUT2D eigenvalue weighted by Gasteiger charge is -2.25. The second-order valence-corrected chi connectivity index (χ2v) is 8.68. The second kappa shape index (κ2) is 10.2.